The van der Waals surface area contributed by atoms with Gasteiger partial charge in [0.15, 0.2) is 5.78 Å². The van der Waals surface area contributed by atoms with Crippen LogP contribution >= 0.6 is 0 Å². The molecule has 0 aliphatic rings. The normalized spacial score (nSPS) is 12.8. The van der Waals surface area contributed by atoms with Gasteiger partial charge in [-0.15, -0.1) is 0 Å². The fourth-order valence-corrected chi connectivity index (χ4v) is 1.07. The van der Waals surface area contributed by atoms with Crippen molar-refractivity contribution >= 4 is 5.78 Å². The average molecular weight is 195 g/mol. The molecule has 1 aromatic heterocycles. The maximum atomic E-state index is 11.5. The first-order valence-corrected chi connectivity index (χ1v) is 4.89. The molecule has 1 aromatic rings. The molecule has 0 aliphatic heterocycles. The van der Waals surface area contributed by atoms with Crippen LogP contribution in [-0.4, -0.2) is 28.2 Å². The predicted molar refractivity (Wildman–Crippen MR) is 55.3 cm³/mol. The van der Waals surface area contributed by atoms with E-state index in [1.54, 1.807) is 24.0 Å². The quantitative estimate of drug-likeness (QED) is 0.713. The van der Waals surface area contributed by atoms with Crippen LogP contribution in [0.5, 0.6) is 0 Å². The van der Waals surface area contributed by atoms with Crippen LogP contribution in [0.1, 0.15) is 30.8 Å². The minimum atomic E-state index is 0.0471. The summed E-state index contributed by atoms with van der Waals surface area (Å²) in [7, 11) is 1.80. The highest BCUT2D eigenvalue weighted by atomic mass is 16.1. The van der Waals surface area contributed by atoms with E-state index >= 15 is 0 Å². The van der Waals surface area contributed by atoms with E-state index in [4.69, 9.17) is 0 Å². The van der Waals surface area contributed by atoms with Gasteiger partial charge in [-0.25, -0.2) is 0 Å². The van der Waals surface area contributed by atoms with E-state index < -0.39 is 0 Å². The number of nitrogens with zero attached hydrogens (tertiary/aromatic N) is 2. The molecule has 0 fully saturated rings. The SMILES string of the molecule is CCC(C)NCC(=O)c1ccn(C)n1. The third kappa shape index (κ3) is 2.96. The van der Waals surface area contributed by atoms with Crippen molar-refractivity contribution in [3.05, 3.63) is 18.0 Å². The lowest BCUT2D eigenvalue weighted by atomic mass is 10.2. The lowest BCUT2D eigenvalue weighted by Crippen LogP contribution is -2.31. The molecular weight excluding hydrogens is 178 g/mol. The van der Waals surface area contributed by atoms with Crippen molar-refractivity contribution in [2.45, 2.75) is 26.3 Å². The van der Waals surface area contributed by atoms with Crippen molar-refractivity contribution in [3.63, 3.8) is 0 Å². The molecular formula is C10H17N3O. The lowest BCUT2D eigenvalue weighted by molar-refractivity contribution is 0.0982. The van der Waals surface area contributed by atoms with Gasteiger partial charge >= 0.3 is 0 Å². The van der Waals surface area contributed by atoms with E-state index in [1.165, 1.54) is 0 Å². The molecule has 0 amide bonds. The highest BCUT2D eigenvalue weighted by molar-refractivity contribution is 5.95. The first-order valence-electron chi connectivity index (χ1n) is 4.89. The zero-order chi connectivity index (χ0) is 10.6. The van der Waals surface area contributed by atoms with Crippen LogP contribution in [0.2, 0.25) is 0 Å². The zero-order valence-electron chi connectivity index (χ0n) is 8.95. The summed E-state index contributed by atoms with van der Waals surface area (Å²) in [5, 5.41) is 7.18. The molecule has 1 N–H and O–H groups in total. The lowest BCUT2D eigenvalue weighted by Gasteiger charge is -2.08. The van der Waals surface area contributed by atoms with Crippen molar-refractivity contribution in [2.24, 2.45) is 7.05 Å². The molecule has 1 heterocycles. The van der Waals surface area contributed by atoms with E-state index in [0.29, 0.717) is 18.3 Å². The number of ketones is 1. The summed E-state index contributed by atoms with van der Waals surface area (Å²) in [6.07, 6.45) is 2.80. The molecule has 0 aromatic carbocycles. The Hall–Kier alpha value is -1.16. The number of carbonyl (C=O) groups excluding carboxylic acids is 1. The number of aryl methyl sites for hydroxylation is 1. The highest BCUT2D eigenvalue weighted by Gasteiger charge is 2.09. The second kappa shape index (κ2) is 4.91. The zero-order valence-corrected chi connectivity index (χ0v) is 8.95. The third-order valence-electron chi connectivity index (χ3n) is 2.22. The number of Topliss-reactive ketones (excluding diaryl/α,β-unsaturated/α-hetero) is 1. The van der Waals surface area contributed by atoms with Gasteiger partial charge in [-0.05, 0) is 19.4 Å². The Morgan fingerprint density at radius 1 is 1.71 bits per heavy atom. The summed E-state index contributed by atoms with van der Waals surface area (Å²) >= 11 is 0. The van der Waals surface area contributed by atoms with Crippen molar-refractivity contribution in [1.29, 1.82) is 0 Å². The summed E-state index contributed by atoms with van der Waals surface area (Å²) in [5.74, 6) is 0.0471. The molecule has 1 atom stereocenters. The minimum absolute atomic E-state index is 0.0471. The molecule has 1 rings (SSSR count). The van der Waals surface area contributed by atoms with Gasteiger partial charge in [0.05, 0.1) is 6.54 Å². The standard InChI is InChI=1S/C10H17N3O/c1-4-8(2)11-7-10(14)9-5-6-13(3)12-9/h5-6,8,11H,4,7H2,1-3H3. The van der Waals surface area contributed by atoms with Crippen LogP contribution < -0.4 is 5.32 Å². The highest BCUT2D eigenvalue weighted by Crippen LogP contribution is 1.96. The maximum absolute atomic E-state index is 11.5. The van der Waals surface area contributed by atoms with Crippen LogP contribution in [0, 0.1) is 0 Å². The third-order valence-corrected chi connectivity index (χ3v) is 2.22. The molecule has 0 spiro atoms. The van der Waals surface area contributed by atoms with Crippen molar-refractivity contribution < 1.29 is 4.79 Å². The second-order valence-electron chi connectivity index (χ2n) is 3.49. The summed E-state index contributed by atoms with van der Waals surface area (Å²) in [6, 6.07) is 2.11. The molecule has 78 valence electrons. The topological polar surface area (TPSA) is 46.9 Å². The minimum Gasteiger partial charge on any atom is -0.307 e. The molecule has 0 radical (unpaired) electrons. The van der Waals surface area contributed by atoms with Gasteiger partial charge in [0.1, 0.15) is 5.69 Å². The number of rotatable bonds is 5. The number of aromatic nitrogens is 2. The van der Waals surface area contributed by atoms with Gasteiger partial charge in [0.2, 0.25) is 0 Å². The Balaban J connectivity index is 2.43. The van der Waals surface area contributed by atoms with Crippen molar-refractivity contribution in [1.82, 2.24) is 15.1 Å². The van der Waals surface area contributed by atoms with Crippen molar-refractivity contribution in [3.8, 4) is 0 Å². The van der Waals surface area contributed by atoms with Gasteiger partial charge < -0.3 is 5.32 Å². The smallest absolute Gasteiger partial charge is 0.196 e. The largest absolute Gasteiger partial charge is 0.307 e. The van der Waals surface area contributed by atoms with Gasteiger partial charge in [0.25, 0.3) is 0 Å². The van der Waals surface area contributed by atoms with E-state index in [0.717, 1.165) is 6.42 Å². The Morgan fingerprint density at radius 2 is 2.43 bits per heavy atom. The summed E-state index contributed by atoms with van der Waals surface area (Å²) in [5.41, 5.74) is 0.531. The summed E-state index contributed by atoms with van der Waals surface area (Å²) in [4.78, 5) is 11.5. The van der Waals surface area contributed by atoms with Crippen LogP contribution in [0.25, 0.3) is 0 Å². The summed E-state index contributed by atoms with van der Waals surface area (Å²) < 4.78 is 1.64. The van der Waals surface area contributed by atoms with E-state index in [1.807, 2.05) is 0 Å². The van der Waals surface area contributed by atoms with E-state index in [-0.39, 0.29) is 5.78 Å². The van der Waals surface area contributed by atoms with Crippen LogP contribution in [0.3, 0.4) is 0 Å². The number of hydrogen-bond donors (Lipinski definition) is 1. The van der Waals surface area contributed by atoms with Crippen LogP contribution in [0.4, 0.5) is 0 Å². The molecule has 0 aliphatic carbocycles. The van der Waals surface area contributed by atoms with Gasteiger partial charge in [0, 0.05) is 19.3 Å². The molecule has 0 bridgehead atoms. The van der Waals surface area contributed by atoms with Crippen molar-refractivity contribution in [2.75, 3.05) is 6.54 Å². The van der Waals surface area contributed by atoms with Gasteiger partial charge in [-0.1, -0.05) is 6.92 Å². The van der Waals surface area contributed by atoms with Gasteiger partial charge in [-0.3, -0.25) is 9.48 Å². The Bertz CT molecular complexity index is 306. The molecule has 14 heavy (non-hydrogen) atoms. The molecule has 4 nitrogen and oxygen atoms in total. The van der Waals surface area contributed by atoms with E-state index in [2.05, 4.69) is 24.3 Å². The average Bonchev–Trinajstić information content (AvgIpc) is 2.60. The molecule has 1 unspecified atom stereocenters. The number of hydrogen-bond acceptors (Lipinski definition) is 3. The molecule has 4 heteroatoms. The number of carbonyl (C=O) groups is 1. The first kappa shape index (κ1) is 10.9. The maximum Gasteiger partial charge on any atom is 0.196 e. The predicted octanol–water partition coefficient (Wildman–Crippen LogP) is 0.991. The second-order valence-corrected chi connectivity index (χ2v) is 3.49. The molecule has 0 saturated heterocycles. The monoisotopic (exact) mass is 195 g/mol. The Kier molecular flexibility index (Phi) is 3.83. The Labute approximate surface area is 84.3 Å². The Morgan fingerprint density at radius 3 is 2.93 bits per heavy atom. The van der Waals surface area contributed by atoms with Crippen LogP contribution in [0.15, 0.2) is 12.3 Å². The van der Waals surface area contributed by atoms with E-state index in [9.17, 15) is 4.79 Å². The fourth-order valence-electron chi connectivity index (χ4n) is 1.07. The summed E-state index contributed by atoms with van der Waals surface area (Å²) in [6.45, 7) is 4.51. The molecule has 0 saturated carbocycles. The first-order chi connectivity index (χ1) is 6.63. The van der Waals surface area contributed by atoms with Gasteiger partial charge in [-0.2, -0.15) is 5.10 Å². The van der Waals surface area contributed by atoms with Crippen LogP contribution in [-0.2, 0) is 7.05 Å². The number of nitrogens with one attached hydrogen (secondary N) is 1. The fraction of sp³-hybridized carbons (Fsp3) is 0.600.